The molecule has 43 nitrogen and oxygen atoms in total. The summed E-state index contributed by atoms with van der Waals surface area (Å²) in [5.41, 5.74) is 5.10. The number of tetrazole rings is 6. The molecule has 0 unspecified atom stereocenters. The quantitative estimate of drug-likeness (QED) is 0.0169. The van der Waals surface area contributed by atoms with Crippen LogP contribution in [0.4, 0.5) is 35.1 Å². The van der Waals surface area contributed by atoms with Crippen LogP contribution in [0.2, 0.25) is 0 Å². The van der Waals surface area contributed by atoms with Crippen LogP contribution in [0.5, 0.6) is 0 Å². The van der Waals surface area contributed by atoms with Crippen LogP contribution in [0.25, 0.3) is 34.1 Å². The highest BCUT2D eigenvalue weighted by molar-refractivity contribution is 8.13. The maximum Gasteiger partial charge on any atom is 0.368 e. The third-order valence-corrected chi connectivity index (χ3v) is 19.7. The largest absolute Gasteiger partial charge is 0.482 e. The van der Waals surface area contributed by atoms with Gasteiger partial charge in [0.1, 0.15) is 44.7 Å². The standard InChI is InChI=1S/C15H17F2N5O2.C15H19F2N5O2.C13H15F2N5O3.C13H15F2N5O2S.C13H17N5O2.C12H15N5O2/c1-9(10-6-7-10)18-24-8-12-11(14(16)17)4-3-5-13(12)22-15(23)21(2)19-20-22;1-4-6-10(2)18-24-9-12-11(14(16)17)7-5-8-13(12)22-15(23)21(3)19-20-22;1-8(22-3)16-23-7-10-9(12(14)15)5-4-6-11(10)20-13(21)19(2)17-18-20;1-8(23-3)16-22-7-10-9(12(14)15)5-4-6-11(10)20-13(21)19(2)17-18-20;1-9(2)14-20-8-11-10(3)6-5-7-12(11)18-13(19)17(4)15-16-18;1-4-13-19-8-10-9(2)6-5-7-11(10)17-12(18)16(3)14-15-17/h3-5,10,14H,6-8H2,1-2H3;5,7-8,14H,4,6,9H2,1-3H3;2*4-6,12H,7H2,1-3H3;5-7H,8H2,1-4H3;4-7H,8H2,1-3H3. The number of halogens is 8. The molecule has 0 aliphatic heterocycles. The average molecular weight is 1880 g/mol. The number of oxime groups is 6. The summed E-state index contributed by atoms with van der Waals surface area (Å²) in [5, 5.41) is 67.9. The van der Waals surface area contributed by atoms with Gasteiger partial charge in [0.05, 0.1) is 58.4 Å². The van der Waals surface area contributed by atoms with Crippen molar-refractivity contribution in [2.45, 2.75) is 160 Å². The van der Waals surface area contributed by atoms with Crippen molar-refractivity contribution in [1.29, 1.82) is 0 Å². The molecule has 6 aromatic heterocycles. The highest BCUT2D eigenvalue weighted by Gasteiger charge is 2.28. The van der Waals surface area contributed by atoms with Gasteiger partial charge in [0.15, 0.2) is 0 Å². The lowest BCUT2D eigenvalue weighted by Crippen LogP contribution is -2.23. The van der Waals surface area contributed by atoms with Crippen molar-refractivity contribution < 1.29 is 68.9 Å². The summed E-state index contributed by atoms with van der Waals surface area (Å²) in [5.74, 6) is 0.662. The smallest absolute Gasteiger partial charge is 0.368 e. The number of nitrogens with zero attached hydrogens (tertiary/aromatic N) is 30. The Morgan fingerprint density at radius 1 is 0.391 bits per heavy atom. The molecule has 1 fully saturated rings. The first-order valence-corrected chi connectivity index (χ1v) is 41.4. The third-order valence-electron chi connectivity index (χ3n) is 19.0. The summed E-state index contributed by atoms with van der Waals surface area (Å²) >= 11 is 1.37. The van der Waals surface area contributed by atoms with Crippen LogP contribution in [0.3, 0.4) is 0 Å². The number of rotatable bonds is 31. The van der Waals surface area contributed by atoms with Crippen molar-refractivity contribution >= 4 is 46.1 Å². The van der Waals surface area contributed by atoms with Gasteiger partial charge in [0.2, 0.25) is 5.90 Å². The predicted octanol–water partition coefficient (Wildman–Crippen LogP) is 10.3. The fourth-order valence-corrected chi connectivity index (χ4v) is 11.9. The first-order chi connectivity index (χ1) is 63.5. The van der Waals surface area contributed by atoms with E-state index in [2.05, 4.69) is 93.5 Å². The monoisotopic (exact) mass is 1880 g/mol. The lowest BCUT2D eigenvalue weighted by molar-refractivity contribution is 0.112. The second-order valence-corrected chi connectivity index (χ2v) is 29.8. The van der Waals surface area contributed by atoms with Crippen LogP contribution in [0.15, 0.2) is 169 Å². The van der Waals surface area contributed by atoms with Gasteiger partial charge in [-0.25, -0.2) is 63.9 Å². The summed E-state index contributed by atoms with van der Waals surface area (Å²) in [7, 11) is 10.2. The molecule has 13 rings (SSSR count). The molecule has 0 N–H and O–H groups in total. The zero-order valence-electron chi connectivity index (χ0n) is 75.6. The molecular weight excluding hydrogens is 1790 g/mol. The van der Waals surface area contributed by atoms with Crippen molar-refractivity contribution in [2.24, 2.45) is 79.1 Å². The summed E-state index contributed by atoms with van der Waals surface area (Å²) in [4.78, 5) is 103. The zero-order valence-corrected chi connectivity index (χ0v) is 76.4. The summed E-state index contributed by atoms with van der Waals surface area (Å²) in [6, 6.07) is 28.1. The fourth-order valence-electron chi connectivity index (χ4n) is 11.8. The molecular formula is C81H98F8N30O13S. The first-order valence-electron chi connectivity index (χ1n) is 40.2. The number of alkyl halides is 8. The molecule has 0 atom stereocenters. The molecule has 0 spiro atoms. The Labute approximate surface area is 756 Å². The van der Waals surface area contributed by atoms with Crippen LogP contribution in [-0.4, -0.2) is 166 Å². The van der Waals surface area contributed by atoms with Gasteiger partial charge in [-0.3, -0.25) is 0 Å². The van der Waals surface area contributed by atoms with Gasteiger partial charge in [-0.2, -0.15) is 56.2 Å². The Morgan fingerprint density at radius 2 is 0.662 bits per heavy atom. The van der Waals surface area contributed by atoms with E-state index < -0.39 is 48.5 Å². The lowest BCUT2D eigenvalue weighted by Gasteiger charge is -2.12. The Morgan fingerprint density at radius 3 is 0.925 bits per heavy atom. The number of methoxy groups -OCH3 is 1. The van der Waals surface area contributed by atoms with Crippen molar-refractivity contribution in [2.75, 3.05) is 13.4 Å². The van der Waals surface area contributed by atoms with E-state index in [0.717, 1.165) is 103 Å². The maximum atomic E-state index is 13.3. The third kappa shape index (κ3) is 27.8. The van der Waals surface area contributed by atoms with E-state index in [0.29, 0.717) is 22.3 Å². The highest BCUT2D eigenvalue weighted by Crippen LogP contribution is 2.34. The molecule has 1 aliphatic carbocycles. The molecule has 1 saturated carbocycles. The van der Waals surface area contributed by atoms with E-state index in [1.165, 1.54) is 139 Å². The normalized spacial score (nSPS) is 12.2. The van der Waals surface area contributed by atoms with Gasteiger partial charge >= 0.3 is 34.1 Å². The Hall–Kier alpha value is -15.1. The lowest BCUT2D eigenvalue weighted by atomic mass is 10.1. The van der Waals surface area contributed by atoms with Crippen LogP contribution < -0.4 is 34.1 Å². The number of ether oxygens (including phenoxy) is 1. The fraction of sp³-hybridized carbons (Fsp3) is 0.407. The molecule has 0 bridgehead atoms. The van der Waals surface area contributed by atoms with E-state index in [1.807, 2.05) is 78.1 Å². The Bertz CT molecular complexity index is 6360. The van der Waals surface area contributed by atoms with Crippen LogP contribution in [0, 0.1) is 19.8 Å². The molecule has 1 aliphatic rings. The van der Waals surface area contributed by atoms with E-state index in [4.69, 9.17) is 33.8 Å². The minimum absolute atomic E-state index is 0.0951. The van der Waals surface area contributed by atoms with Crippen LogP contribution >= 0.6 is 11.8 Å². The molecule has 52 heteroatoms. The minimum atomic E-state index is -2.74. The molecule has 133 heavy (non-hydrogen) atoms. The second-order valence-electron chi connectivity index (χ2n) is 28.8. The Balaban J connectivity index is 0.000000197. The average Bonchev–Trinajstić information content (AvgIpc) is 1.70. The van der Waals surface area contributed by atoms with Crippen LogP contribution in [-0.2, 0) is 116 Å². The molecule has 712 valence electrons. The first kappa shape index (κ1) is 103. The molecule has 0 radical (unpaired) electrons. The Kier molecular flexibility index (Phi) is 38.6. The van der Waals surface area contributed by atoms with Crippen molar-refractivity contribution in [1.82, 2.24) is 119 Å². The number of thioether (sulfide) groups is 1. The summed E-state index contributed by atoms with van der Waals surface area (Å²) < 4.78 is 124. The van der Waals surface area contributed by atoms with E-state index in [1.54, 1.807) is 54.1 Å². The number of aryl methyl sites for hydroxylation is 8. The van der Waals surface area contributed by atoms with E-state index >= 15 is 0 Å². The molecule has 6 aromatic carbocycles. The van der Waals surface area contributed by atoms with Gasteiger partial charge in [-0.1, -0.05) is 117 Å². The SMILES string of the molecule is CC(=NOCc1c(C(F)F)cccc1-n1nnn(C)c1=O)C1CC1.CC(C)=NOCc1c(C)cccc1-n1nnn(C)c1=O.CC=NOCc1c(C)cccc1-n1nnn(C)c1=O.CCCC(C)=NOCc1c(C(F)F)cccc1-n1nnn(C)c1=O.COC(C)=NOCc1c(C(F)F)cccc1-n1nnn(C)c1=O.CSC(C)=NOCc1c(C(F)F)cccc1-n1nnn(C)c1=O. The second kappa shape index (κ2) is 49.7. The topological polar surface area (TPSA) is 455 Å². The van der Waals surface area contributed by atoms with Gasteiger partial charge in [-0.15, -0.1) is 11.8 Å². The van der Waals surface area contributed by atoms with Gasteiger partial charge in [0, 0.05) is 117 Å². The number of hydrogen-bond donors (Lipinski definition) is 0. The van der Waals surface area contributed by atoms with Gasteiger partial charge in [-0.05, 0) is 191 Å². The number of aromatic nitrogens is 24. The summed E-state index contributed by atoms with van der Waals surface area (Å²) in [6.45, 7) is 18.0. The zero-order chi connectivity index (χ0) is 97.4. The van der Waals surface area contributed by atoms with Gasteiger partial charge < -0.3 is 33.8 Å². The van der Waals surface area contributed by atoms with Gasteiger partial charge in [0.25, 0.3) is 25.7 Å². The number of benzene rings is 6. The van der Waals surface area contributed by atoms with E-state index in [-0.39, 0.29) is 124 Å². The van der Waals surface area contributed by atoms with Crippen LogP contribution in [0.1, 0.15) is 174 Å². The van der Waals surface area contributed by atoms with Crippen molar-refractivity contribution in [3.63, 3.8) is 0 Å². The molecule has 12 aromatic rings. The van der Waals surface area contributed by atoms with Crippen molar-refractivity contribution in [3.8, 4) is 34.1 Å². The summed E-state index contributed by atoms with van der Waals surface area (Å²) in [6.07, 6.45) is -3.67. The van der Waals surface area contributed by atoms with E-state index in [9.17, 15) is 63.9 Å². The molecule has 6 heterocycles. The number of hydrogen-bond acceptors (Lipinski definition) is 32. The highest BCUT2D eigenvalue weighted by atomic mass is 32.2. The van der Waals surface area contributed by atoms with Crippen molar-refractivity contribution in [3.05, 3.63) is 239 Å². The molecule has 0 amide bonds. The predicted molar refractivity (Wildman–Crippen MR) is 471 cm³/mol. The molecule has 0 saturated heterocycles. The maximum absolute atomic E-state index is 13.3. The minimum Gasteiger partial charge on any atom is -0.482 e.